The van der Waals surface area contributed by atoms with E-state index in [4.69, 9.17) is 9.15 Å². The molecular formula is C17H13FN4O3. The lowest BCUT2D eigenvalue weighted by molar-refractivity contribution is 0.101. The molecule has 25 heavy (non-hydrogen) atoms. The zero-order valence-electron chi connectivity index (χ0n) is 13.2. The number of hydrogen-bond acceptors (Lipinski definition) is 5. The minimum absolute atomic E-state index is 0.0877. The molecule has 0 spiro atoms. The van der Waals surface area contributed by atoms with Crippen LogP contribution in [-0.4, -0.2) is 26.9 Å². The lowest BCUT2D eigenvalue weighted by Gasteiger charge is -2.04. The monoisotopic (exact) mass is 340 g/mol. The molecule has 0 saturated carbocycles. The van der Waals surface area contributed by atoms with Crippen molar-refractivity contribution in [1.29, 1.82) is 0 Å². The second-order valence-corrected chi connectivity index (χ2v) is 5.24. The normalized spacial score (nSPS) is 11.1. The molecule has 0 aliphatic carbocycles. The van der Waals surface area contributed by atoms with Crippen LogP contribution in [0.5, 0.6) is 6.08 Å². The van der Waals surface area contributed by atoms with Crippen LogP contribution < -0.4 is 10.1 Å². The van der Waals surface area contributed by atoms with Gasteiger partial charge in [-0.25, -0.2) is 9.37 Å². The zero-order chi connectivity index (χ0) is 17.4. The van der Waals surface area contributed by atoms with Crippen LogP contribution in [0.4, 0.5) is 10.1 Å². The number of nitrogens with one attached hydrogen (secondary N) is 1. The topological polar surface area (TPSA) is 81.7 Å². The summed E-state index contributed by atoms with van der Waals surface area (Å²) in [5.41, 5.74) is 1.86. The highest BCUT2D eigenvalue weighted by Gasteiger charge is 2.15. The van der Waals surface area contributed by atoms with Crippen molar-refractivity contribution in [2.24, 2.45) is 0 Å². The average Bonchev–Trinajstić information content (AvgIpc) is 3.19. The Hall–Kier alpha value is -3.42. The SMILES string of the molecule is CCOc1nc2cc(NC(=O)c3ncc4c(F)cccn34)ccc2o1. The van der Waals surface area contributed by atoms with Gasteiger partial charge in [0.2, 0.25) is 5.82 Å². The lowest BCUT2D eigenvalue weighted by Crippen LogP contribution is -2.15. The summed E-state index contributed by atoms with van der Waals surface area (Å²) in [6.07, 6.45) is 3.07. The van der Waals surface area contributed by atoms with Gasteiger partial charge in [-0.05, 0) is 37.3 Å². The van der Waals surface area contributed by atoms with Crippen molar-refractivity contribution in [2.75, 3.05) is 11.9 Å². The van der Waals surface area contributed by atoms with Crippen molar-refractivity contribution in [2.45, 2.75) is 6.92 Å². The van der Waals surface area contributed by atoms with Crippen LogP contribution in [0.3, 0.4) is 0 Å². The van der Waals surface area contributed by atoms with Gasteiger partial charge in [0.05, 0.1) is 12.8 Å². The molecular weight excluding hydrogens is 327 g/mol. The fraction of sp³-hybridized carbons (Fsp3) is 0.118. The van der Waals surface area contributed by atoms with Crippen LogP contribution in [0.25, 0.3) is 16.6 Å². The highest BCUT2D eigenvalue weighted by atomic mass is 19.1. The van der Waals surface area contributed by atoms with Gasteiger partial charge in [0.15, 0.2) is 5.58 Å². The van der Waals surface area contributed by atoms with Gasteiger partial charge in [-0.3, -0.25) is 9.20 Å². The first kappa shape index (κ1) is 15.1. The Kier molecular flexibility index (Phi) is 3.57. The van der Waals surface area contributed by atoms with E-state index in [0.717, 1.165) is 0 Å². The number of rotatable bonds is 4. The summed E-state index contributed by atoms with van der Waals surface area (Å²) < 4.78 is 25.7. The molecule has 126 valence electrons. The van der Waals surface area contributed by atoms with Gasteiger partial charge in [-0.2, -0.15) is 4.98 Å². The first-order chi connectivity index (χ1) is 12.2. The summed E-state index contributed by atoms with van der Waals surface area (Å²) in [6.45, 7) is 2.28. The molecule has 0 atom stereocenters. The van der Waals surface area contributed by atoms with Crippen LogP contribution in [0.1, 0.15) is 17.5 Å². The quantitative estimate of drug-likeness (QED) is 0.617. The number of halogens is 1. The maximum atomic E-state index is 13.7. The number of pyridine rings is 1. The number of amides is 1. The number of hydrogen-bond donors (Lipinski definition) is 1. The number of carbonyl (C=O) groups excluding carboxylic acids is 1. The summed E-state index contributed by atoms with van der Waals surface area (Å²) in [5, 5.41) is 2.72. The third-order valence-electron chi connectivity index (χ3n) is 3.62. The Morgan fingerprint density at radius 2 is 2.28 bits per heavy atom. The van der Waals surface area contributed by atoms with Crippen molar-refractivity contribution >= 4 is 28.2 Å². The van der Waals surface area contributed by atoms with Crippen molar-refractivity contribution in [1.82, 2.24) is 14.4 Å². The Balaban J connectivity index is 1.63. The van der Waals surface area contributed by atoms with Crippen molar-refractivity contribution in [3.05, 3.63) is 54.4 Å². The number of benzene rings is 1. The van der Waals surface area contributed by atoms with Gasteiger partial charge in [-0.15, -0.1) is 0 Å². The van der Waals surface area contributed by atoms with E-state index in [9.17, 15) is 9.18 Å². The predicted molar refractivity (Wildman–Crippen MR) is 88.3 cm³/mol. The third-order valence-corrected chi connectivity index (χ3v) is 3.62. The van der Waals surface area contributed by atoms with E-state index in [1.165, 1.54) is 22.7 Å². The van der Waals surface area contributed by atoms with E-state index in [1.54, 1.807) is 24.4 Å². The summed E-state index contributed by atoms with van der Waals surface area (Å²) in [4.78, 5) is 20.6. The van der Waals surface area contributed by atoms with Crippen LogP contribution in [0, 0.1) is 5.82 Å². The Labute approximate surface area is 141 Å². The molecule has 0 fully saturated rings. The number of nitrogens with zero attached hydrogens (tertiary/aromatic N) is 3. The summed E-state index contributed by atoms with van der Waals surface area (Å²) in [7, 11) is 0. The highest BCUT2D eigenvalue weighted by molar-refractivity contribution is 6.03. The predicted octanol–water partition coefficient (Wildman–Crippen LogP) is 3.27. The molecule has 1 amide bonds. The first-order valence-electron chi connectivity index (χ1n) is 7.62. The van der Waals surface area contributed by atoms with E-state index >= 15 is 0 Å². The fourth-order valence-electron chi connectivity index (χ4n) is 2.51. The van der Waals surface area contributed by atoms with Crippen molar-refractivity contribution < 1.29 is 18.3 Å². The number of imidazole rings is 1. The molecule has 1 aromatic carbocycles. The number of aromatic nitrogens is 3. The van der Waals surface area contributed by atoms with Gasteiger partial charge in [0.1, 0.15) is 16.9 Å². The summed E-state index contributed by atoms with van der Waals surface area (Å²) in [5.74, 6) is -0.815. The van der Waals surface area contributed by atoms with Gasteiger partial charge >= 0.3 is 6.08 Å². The van der Waals surface area contributed by atoms with E-state index in [1.807, 2.05) is 6.92 Å². The molecule has 4 rings (SSSR count). The smallest absolute Gasteiger partial charge is 0.394 e. The maximum absolute atomic E-state index is 13.7. The lowest BCUT2D eigenvalue weighted by atomic mass is 10.3. The molecule has 8 heteroatoms. The fourth-order valence-corrected chi connectivity index (χ4v) is 2.51. The van der Waals surface area contributed by atoms with Gasteiger partial charge in [-0.1, -0.05) is 0 Å². The summed E-state index contributed by atoms with van der Waals surface area (Å²) >= 11 is 0. The molecule has 0 unspecified atom stereocenters. The van der Waals surface area contributed by atoms with Crippen LogP contribution in [0.15, 0.2) is 47.1 Å². The van der Waals surface area contributed by atoms with Gasteiger partial charge in [0.25, 0.3) is 5.91 Å². The summed E-state index contributed by atoms with van der Waals surface area (Å²) in [6, 6.07) is 7.85. The number of ether oxygens (including phenoxy) is 1. The molecule has 4 aromatic rings. The van der Waals surface area contributed by atoms with E-state index in [-0.39, 0.29) is 17.4 Å². The standard InChI is InChI=1S/C17H13FN4O3/c1-2-24-17-21-12-8-10(5-6-14(12)25-17)20-16(23)15-19-9-13-11(18)4-3-7-22(13)15/h3-9H,2H2,1H3,(H,20,23). The van der Waals surface area contributed by atoms with Crippen LogP contribution >= 0.6 is 0 Å². The molecule has 0 bridgehead atoms. The Morgan fingerprint density at radius 3 is 3.12 bits per heavy atom. The molecule has 3 heterocycles. The van der Waals surface area contributed by atoms with Gasteiger partial charge in [0, 0.05) is 11.9 Å². The van der Waals surface area contributed by atoms with Crippen molar-refractivity contribution in [3.8, 4) is 6.08 Å². The van der Waals surface area contributed by atoms with Crippen LogP contribution in [0.2, 0.25) is 0 Å². The maximum Gasteiger partial charge on any atom is 0.394 e. The van der Waals surface area contributed by atoms with E-state index in [2.05, 4.69) is 15.3 Å². The molecule has 0 radical (unpaired) electrons. The molecule has 1 N–H and O–H groups in total. The second-order valence-electron chi connectivity index (χ2n) is 5.24. The average molecular weight is 340 g/mol. The Bertz CT molecular complexity index is 1090. The van der Waals surface area contributed by atoms with Crippen LogP contribution in [-0.2, 0) is 0 Å². The first-order valence-corrected chi connectivity index (χ1v) is 7.62. The Morgan fingerprint density at radius 1 is 1.40 bits per heavy atom. The van der Waals surface area contributed by atoms with E-state index < -0.39 is 11.7 Å². The van der Waals surface area contributed by atoms with E-state index in [0.29, 0.717) is 23.4 Å². The molecule has 7 nitrogen and oxygen atoms in total. The number of oxazole rings is 1. The second kappa shape index (κ2) is 5.90. The number of anilines is 1. The molecule has 0 aliphatic rings. The minimum Gasteiger partial charge on any atom is -0.450 e. The third kappa shape index (κ3) is 2.67. The zero-order valence-corrected chi connectivity index (χ0v) is 13.2. The minimum atomic E-state index is -0.460. The molecule has 0 saturated heterocycles. The highest BCUT2D eigenvalue weighted by Crippen LogP contribution is 2.24. The number of fused-ring (bicyclic) bond motifs is 2. The molecule has 3 aromatic heterocycles. The van der Waals surface area contributed by atoms with Crippen molar-refractivity contribution in [3.63, 3.8) is 0 Å². The van der Waals surface area contributed by atoms with Gasteiger partial charge < -0.3 is 14.5 Å². The molecule has 0 aliphatic heterocycles. The number of carbonyl (C=O) groups is 1. The largest absolute Gasteiger partial charge is 0.450 e.